The predicted molar refractivity (Wildman–Crippen MR) is 89.5 cm³/mol. The smallest absolute Gasteiger partial charge is 0.309 e. The number of rotatable bonds is 4. The zero-order valence-corrected chi connectivity index (χ0v) is 14.7. The first kappa shape index (κ1) is 17.1. The summed E-state index contributed by atoms with van der Waals surface area (Å²) < 4.78 is 17.9. The normalized spacial score (nSPS) is 30.7. The van der Waals surface area contributed by atoms with Crippen LogP contribution in [0.1, 0.15) is 51.7 Å². The first-order valence-electron chi connectivity index (χ1n) is 8.62. The van der Waals surface area contributed by atoms with Crippen LogP contribution in [-0.4, -0.2) is 29.9 Å². The first-order valence-corrected chi connectivity index (χ1v) is 8.62. The van der Waals surface area contributed by atoms with Crippen molar-refractivity contribution in [1.82, 2.24) is 0 Å². The maximum absolute atomic E-state index is 11.7. The molecule has 0 aromatic heterocycles. The van der Waals surface area contributed by atoms with Gasteiger partial charge in [-0.15, -0.1) is 0 Å². The number of carboxylic acids is 1. The Balaban J connectivity index is 2.01. The van der Waals surface area contributed by atoms with Crippen molar-refractivity contribution in [2.45, 2.75) is 57.8 Å². The van der Waals surface area contributed by atoms with E-state index in [1.807, 2.05) is 32.0 Å². The molecule has 2 aliphatic rings. The molecule has 1 fully saturated rings. The van der Waals surface area contributed by atoms with Gasteiger partial charge in [0, 0.05) is 11.5 Å². The van der Waals surface area contributed by atoms with E-state index in [2.05, 4.69) is 6.92 Å². The molecule has 0 amide bonds. The maximum atomic E-state index is 11.7. The fourth-order valence-corrected chi connectivity index (χ4v) is 4.01. The fourth-order valence-electron chi connectivity index (χ4n) is 4.01. The topological polar surface area (TPSA) is 65.0 Å². The molecule has 0 radical (unpaired) electrons. The Morgan fingerprint density at radius 2 is 2.17 bits per heavy atom. The number of carbonyl (C=O) groups is 1. The van der Waals surface area contributed by atoms with Crippen molar-refractivity contribution in [2.75, 3.05) is 7.11 Å². The van der Waals surface area contributed by atoms with Crippen LogP contribution >= 0.6 is 0 Å². The molecule has 1 saturated heterocycles. The molecule has 5 heteroatoms. The summed E-state index contributed by atoms with van der Waals surface area (Å²) in [5.74, 6) is 0.282. The van der Waals surface area contributed by atoms with E-state index < -0.39 is 17.5 Å². The second-order valence-corrected chi connectivity index (χ2v) is 7.28. The Kier molecular flexibility index (Phi) is 4.47. The van der Waals surface area contributed by atoms with E-state index >= 15 is 0 Å². The Labute approximate surface area is 142 Å². The third-order valence-corrected chi connectivity index (χ3v) is 5.32. The monoisotopic (exact) mass is 334 g/mol. The number of fused-ring (bicyclic) bond motifs is 3. The van der Waals surface area contributed by atoms with Crippen molar-refractivity contribution >= 4 is 5.97 Å². The number of benzene rings is 1. The third-order valence-electron chi connectivity index (χ3n) is 5.32. The van der Waals surface area contributed by atoms with Crippen molar-refractivity contribution in [3.05, 3.63) is 23.8 Å². The van der Waals surface area contributed by atoms with Crippen LogP contribution in [0.5, 0.6) is 11.5 Å². The molecular weight excluding hydrogens is 308 g/mol. The van der Waals surface area contributed by atoms with E-state index in [1.54, 1.807) is 7.11 Å². The van der Waals surface area contributed by atoms with E-state index in [0.29, 0.717) is 6.42 Å². The van der Waals surface area contributed by atoms with Crippen LogP contribution in [-0.2, 0) is 9.53 Å². The first-order chi connectivity index (χ1) is 11.4. The zero-order chi connectivity index (χ0) is 17.5. The largest absolute Gasteiger partial charge is 0.497 e. The molecule has 132 valence electrons. The molecule has 4 atom stereocenters. The molecule has 1 N–H and O–H groups in total. The van der Waals surface area contributed by atoms with Crippen LogP contribution < -0.4 is 9.47 Å². The average molecular weight is 334 g/mol. The molecule has 0 aliphatic carbocycles. The summed E-state index contributed by atoms with van der Waals surface area (Å²) in [7, 11) is 1.63. The molecule has 0 bridgehead atoms. The minimum atomic E-state index is -0.779. The molecule has 0 saturated carbocycles. The molecule has 2 aliphatic heterocycles. The summed E-state index contributed by atoms with van der Waals surface area (Å²) in [6.45, 7) is 6.08. The van der Waals surface area contributed by atoms with E-state index in [1.165, 1.54) is 0 Å². The minimum absolute atomic E-state index is 0.00804. The Bertz CT molecular complexity index is 624. The van der Waals surface area contributed by atoms with Gasteiger partial charge < -0.3 is 19.3 Å². The average Bonchev–Trinajstić information content (AvgIpc) is 2.54. The standard InChI is InChI=1S/C19H26O5/c1-5-6-15-13(18(20)21)10-14-17(23-15)12-9-11(22-4)7-8-16(12)24-19(14,2)3/h7-9,13-15,17H,5-6,10H2,1-4H3,(H,20,21)/t13-,14+,15+,17-/m0/s1. The van der Waals surface area contributed by atoms with Crippen molar-refractivity contribution < 1.29 is 24.1 Å². The summed E-state index contributed by atoms with van der Waals surface area (Å²) in [5.41, 5.74) is 0.487. The summed E-state index contributed by atoms with van der Waals surface area (Å²) in [4.78, 5) is 11.7. The molecular formula is C19H26O5. The summed E-state index contributed by atoms with van der Waals surface area (Å²) in [5, 5.41) is 9.63. The number of carboxylic acid groups (broad SMARTS) is 1. The molecule has 0 unspecified atom stereocenters. The van der Waals surface area contributed by atoms with Crippen molar-refractivity contribution in [2.24, 2.45) is 11.8 Å². The highest BCUT2D eigenvalue weighted by atomic mass is 16.5. The maximum Gasteiger partial charge on any atom is 0.309 e. The lowest BCUT2D eigenvalue weighted by atomic mass is 9.71. The summed E-state index contributed by atoms with van der Waals surface area (Å²) in [6.07, 6.45) is 1.79. The second-order valence-electron chi connectivity index (χ2n) is 7.28. The molecule has 2 heterocycles. The summed E-state index contributed by atoms with van der Waals surface area (Å²) >= 11 is 0. The van der Waals surface area contributed by atoms with E-state index in [0.717, 1.165) is 29.9 Å². The van der Waals surface area contributed by atoms with Gasteiger partial charge in [0.15, 0.2) is 0 Å². The molecule has 24 heavy (non-hydrogen) atoms. The summed E-state index contributed by atoms with van der Waals surface area (Å²) in [6, 6.07) is 5.74. The van der Waals surface area contributed by atoms with Crippen LogP contribution in [0.25, 0.3) is 0 Å². The number of hydrogen-bond donors (Lipinski definition) is 1. The van der Waals surface area contributed by atoms with E-state index in [-0.39, 0.29) is 18.1 Å². The fraction of sp³-hybridized carbons (Fsp3) is 0.632. The van der Waals surface area contributed by atoms with Gasteiger partial charge in [-0.2, -0.15) is 0 Å². The van der Waals surface area contributed by atoms with Crippen LogP contribution in [0.15, 0.2) is 18.2 Å². The second kappa shape index (κ2) is 6.28. The van der Waals surface area contributed by atoms with Crippen LogP contribution in [0, 0.1) is 11.8 Å². The zero-order valence-electron chi connectivity index (χ0n) is 14.7. The number of hydrogen-bond acceptors (Lipinski definition) is 4. The van der Waals surface area contributed by atoms with Gasteiger partial charge in [0.1, 0.15) is 17.1 Å². The van der Waals surface area contributed by atoms with Gasteiger partial charge in [-0.3, -0.25) is 4.79 Å². The van der Waals surface area contributed by atoms with Crippen molar-refractivity contribution in [3.8, 4) is 11.5 Å². The van der Waals surface area contributed by atoms with Crippen LogP contribution in [0.4, 0.5) is 0 Å². The van der Waals surface area contributed by atoms with Crippen LogP contribution in [0.2, 0.25) is 0 Å². The van der Waals surface area contributed by atoms with Gasteiger partial charge >= 0.3 is 5.97 Å². The molecule has 1 aromatic carbocycles. The minimum Gasteiger partial charge on any atom is -0.497 e. The Morgan fingerprint density at radius 1 is 1.42 bits per heavy atom. The quantitative estimate of drug-likeness (QED) is 0.907. The van der Waals surface area contributed by atoms with Gasteiger partial charge in [-0.1, -0.05) is 13.3 Å². The highest BCUT2D eigenvalue weighted by Crippen LogP contribution is 2.53. The van der Waals surface area contributed by atoms with Gasteiger partial charge in [0.05, 0.1) is 25.2 Å². The number of aliphatic carboxylic acids is 1. The number of ether oxygens (including phenoxy) is 3. The van der Waals surface area contributed by atoms with Crippen molar-refractivity contribution in [1.29, 1.82) is 0 Å². The Morgan fingerprint density at radius 3 is 2.79 bits per heavy atom. The lowest BCUT2D eigenvalue weighted by Crippen LogP contribution is -2.52. The third kappa shape index (κ3) is 2.86. The van der Waals surface area contributed by atoms with Crippen molar-refractivity contribution in [3.63, 3.8) is 0 Å². The van der Waals surface area contributed by atoms with Gasteiger partial charge in [0.25, 0.3) is 0 Å². The molecule has 3 rings (SSSR count). The molecule has 1 aromatic rings. The molecule has 5 nitrogen and oxygen atoms in total. The SMILES string of the molecule is CCC[C@H]1O[C@H]2c3cc(OC)ccc3OC(C)(C)[C@@H]2C[C@@H]1C(=O)O. The van der Waals surface area contributed by atoms with Crippen LogP contribution in [0.3, 0.4) is 0 Å². The van der Waals surface area contributed by atoms with Gasteiger partial charge in [-0.25, -0.2) is 0 Å². The Hall–Kier alpha value is -1.75. The highest BCUT2D eigenvalue weighted by molar-refractivity contribution is 5.71. The lowest BCUT2D eigenvalue weighted by Gasteiger charge is -2.50. The molecule has 0 spiro atoms. The van der Waals surface area contributed by atoms with E-state index in [4.69, 9.17) is 14.2 Å². The van der Waals surface area contributed by atoms with Gasteiger partial charge in [0.2, 0.25) is 0 Å². The number of methoxy groups -OCH3 is 1. The predicted octanol–water partition coefficient (Wildman–Crippen LogP) is 3.81. The lowest BCUT2D eigenvalue weighted by molar-refractivity contribution is -0.188. The highest BCUT2D eigenvalue weighted by Gasteiger charge is 2.51. The van der Waals surface area contributed by atoms with Gasteiger partial charge in [-0.05, 0) is 44.9 Å². The van der Waals surface area contributed by atoms with E-state index in [9.17, 15) is 9.90 Å².